The molecule has 0 aromatic heterocycles. The second kappa shape index (κ2) is 24.3. The van der Waals surface area contributed by atoms with Crippen LogP contribution < -0.4 is 26.2 Å². The van der Waals surface area contributed by atoms with Crippen LogP contribution in [0, 0.1) is 0 Å². The number of nitrogens with zero attached hydrogens (tertiary/aromatic N) is 2. The van der Waals surface area contributed by atoms with Gasteiger partial charge in [-0.2, -0.15) is 0 Å². The summed E-state index contributed by atoms with van der Waals surface area (Å²) in [4.78, 5) is 5.48. The van der Waals surface area contributed by atoms with Gasteiger partial charge in [0.05, 0.1) is 11.4 Å². The van der Waals surface area contributed by atoms with E-state index in [1.807, 2.05) is 0 Å². The summed E-state index contributed by atoms with van der Waals surface area (Å²) in [5, 5.41) is 0. The Bertz CT molecular complexity index is 4660. The molecule has 510 valence electrons. The third-order valence-corrected chi connectivity index (χ3v) is 21.4. The highest BCUT2D eigenvalue weighted by molar-refractivity contribution is 7.00. The molecule has 0 saturated carbocycles. The third-order valence-electron chi connectivity index (χ3n) is 21.4. The van der Waals surface area contributed by atoms with Crippen LogP contribution in [0.1, 0.15) is 237 Å². The summed E-state index contributed by atoms with van der Waals surface area (Å²) in [6, 6.07) is 77.8. The highest BCUT2D eigenvalue weighted by atomic mass is 15.2. The van der Waals surface area contributed by atoms with Crippen LogP contribution in [-0.2, 0) is 48.7 Å². The average Bonchev–Trinajstić information content (AvgIpc) is 0.687. The summed E-state index contributed by atoms with van der Waals surface area (Å²) >= 11 is 0. The Balaban J connectivity index is 1.34. The van der Waals surface area contributed by atoms with Gasteiger partial charge in [0.25, 0.3) is 6.71 Å². The molecule has 99 heavy (non-hydrogen) atoms. The van der Waals surface area contributed by atoms with E-state index in [1.54, 1.807) is 0 Å². The Morgan fingerprint density at radius 2 is 0.535 bits per heavy atom. The summed E-state index contributed by atoms with van der Waals surface area (Å²) in [7, 11) is 0. The summed E-state index contributed by atoms with van der Waals surface area (Å²) in [6.45, 7) is 64.0. The van der Waals surface area contributed by atoms with Gasteiger partial charge < -0.3 is 9.80 Å². The highest BCUT2D eigenvalue weighted by Crippen LogP contribution is 2.54. The minimum Gasteiger partial charge on any atom is -0.311 e. The van der Waals surface area contributed by atoms with E-state index in [0.717, 1.165) is 5.69 Å². The maximum atomic E-state index is 2.76. The molecule has 2 aliphatic rings. The molecule has 0 fully saturated rings. The van der Waals surface area contributed by atoms with Crippen molar-refractivity contribution in [1.82, 2.24) is 0 Å². The fraction of sp³-hybridized carbons (Fsp3) is 0.375. The van der Waals surface area contributed by atoms with E-state index in [-0.39, 0.29) is 55.4 Å². The van der Waals surface area contributed by atoms with Gasteiger partial charge in [-0.1, -0.05) is 333 Å². The Morgan fingerprint density at radius 1 is 0.202 bits per heavy atom. The van der Waals surface area contributed by atoms with Crippen LogP contribution in [0.15, 0.2) is 194 Å². The molecule has 0 amide bonds. The number of anilines is 6. The van der Waals surface area contributed by atoms with Gasteiger partial charge in [0.15, 0.2) is 0 Å². The normalized spacial score (nSPS) is 13.9. The van der Waals surface area contributed by atoms with Crippen molar-refractivity contribution >= 4 is 57.2 Å². The molecule has 12 rings (SSSR count). The zero-order valence-corrected chi connectivity index (χ0v) is 65.4. The Hall–Kier alpha value is -8.14. The summed E-state index contributed by atoms with van der Waals surface area (Å²) < 4.78 is 0. The van der Waals surface area contributed by atoms with Gasteiger partial charge in [0.1, 0.15) is 0 Å². The molecule has 10 aromatic carbocycles. The predicted molar refractivity (Wildman–Crippen MR) is 436 cm³/mol. The molecule has 3 heteroatoms. The molecule has 2 aliphatic heterocycles. The topological polar surface area (TPSA) is 6.48 Å². The molecule has 10 aromatic rings. The summed E-state index contributed by atoms with van der Waals surface area (Å²) in [5.74, 6) is 0. The zero-order chi connectivity index (χ0) is 72.0. The van der Waals surface area contributed by atoms with Crippen molar-refractivity contribution in [2.75, 3.05) is 9.80 Å². The van der Waals surface area contributed by atoms with Crippen LogP contribution in [-0.4, -0.2) is 6.71 Å². The molecule has 0 bridgehead atoms. The van der Waals surface area contributed by atoms with Crippen LogP contribution in [0.25, 0.3) is 55.6 Å². The molecule has 0 unspecified atom stereocenters. The van der Waals surface area contributed by atoms with Crippen molar-refractivity contribution in [3.8, 4) is 55.6 Å². The first-order valence-electron chi connectivity index (χ1n) is 36.7. The van der Waals surface area contributed by atoms with Crippen molar-refractivity contribution in [2.45, 2.75) is 236 Å². The highest BCUT2D eigenvalue weighted by Gasteiger charge is 2.46. The lowest BCUT2D eigenvalue weighted by Crippen LogP contribution is -2.61. The monoisotopic (exact) mass is 1300 g/mol. The Morgan fingerprint density at radius 3 is 0.909 bits per heavy atom. The fourth-order valence-electron chi connectivity index (χ4n) is 14.8. The molecule has 0 atom stereocenters. The largest absolute Gasteiger partial charge is 0.311 e. The van der Waals surface area contributed by atoms with Gasteiger partial charge in [-0.3, -0.25) is 0 Å². The van der Waals surface area contributed by atoms with E-state index in [0.29, 0.717) is 0 Å². The minimum absolute atomic E-state index is 0.105. The lowest BCUT2D eigenvalue weighted by molar-refractivity contribution is 0.568. The van der Waals surface area contributed by atoms with E-state index in [1.165, 1.54) is 151 Å². The quantitative estimate of drug-likeness (QED) is 0.147. The number of hydrogen-bond donors (Lipinski definition) is 0. The van der Waals surface area contributed by atoms with Crippen LogP contribution in [0.5, 0.6) is 0 Å². The van der Waals surface area contributed by atoms with Crippen LogP contribution >= 0.6 is 0 Å². The minimum atomic E-state index is -0.244. The molecule has 2 heterocycles. The molecule has 0 radical (unpaired) electrons. The molecule has 0 spiro atoms. The second-order valence-electron chi connectivity index (χ2n) is 38.6. The Kier molecular flexibility index (Phi) is 17.4. The fourth-order valence-corrected chi connectivity index (χ4v) is 14.8. The van der Waals surface area contributed by atoms with Crippen LogP contribution in [0.3, 0.4) is 0 Å². The lowest BCUT2D eigenvalue weighted by atomic mass is 9.33. The maximum Gasteiger partial charge on any atom is 0.252 e. The van der Waals surface area contributed by atoms with E-state index in [9.17, 15) is 0 Å². The van der Waals surface area contributed by atoms with Crippen LogP contribution in [0.4, 0.5) is 34.1 Å². The molecule has 0 aliphatic carbocycles. The van der Waals surface area contributed by atoms with Gasteiger partial charge in [-0.25, -0.2) is 0 Å². The first kappa shape index (κ1) is 70.7. The van der Waals surface area contributed by atoms with Gasteiger partial charge in [-0.15, -0.1) is 0 Å². The first-order chi connectivity index (χ1) is 45.7. The van der Waals surface area contributed by atoms with Gasteiger partial charge in [0.2, 0.25) is 0 Å². The van der Waals surface area contributed by atoms with Crippen molar-refractivity contribution < 1.29 is 0 Å². The third kappa shape index (κ3) is 13.7. The molecule has 0 N–H and O–H groups in total. The van der Waals surface area contributed by atoms with Crippen molar-refractivity contribution in [1.29, 1.82) is 0 Å². The zero-order valence-electron chi connectivity index (χ0n) is 65.4. The number of benzene rings is 10. The SMILES string of the molecule is CC(C)(C)c1cc(-c2cc3c4c(c2)N(c2ccc(C(C)(C)C)cc2-c2cc(C(C)(C)C)cc(C(C)(C)C)c2)c2cc(C(C)(C)C)c(-c5ccccc5)cc2B4c2cc(-c4ccccc4)ccc2N3c2ccc(C(C)(C)C)cc2-c2cc(C(C)(C)C)cc(C(C)(C)C)c2)cc(C(C)(C)C)c1. The van der Waals surface area contributed by atoms with Gasteiger partial charge in [-0.05, 0) is 208 Å². The molecule has 2 nitrogen and oxygen atoms in total. The molecular weight excluding hydrogens is 1190 g/mol. The smallest absolute Gasteiger partial charge is 0.252 e. The lowest BCUT2D eigenvalue weighted by Gasteiger charge is -2.46. The van der Waals surface area contributed by atoms with E-state index < -0.39 is 0 Å². The molecular formula is C96H113BN2. The van der Waals surface area contributed by atoms with Gasteiger partial charge in [0, 0.05) is 33.9 Å². The van der Waals surface area contributed by atoms with Crippen molar-refractivity contribution in [2.24, 2.45) is 0 Å². The van der Waals surface area contributed by atoms with Crippen LogP contribution in [0.2, 0.25) is 0 Å². The summed E-state index contributed by atoms with van der Waals surface area (Å²) in [5.41, 5.74) is 33.9. The number of rotatable bonds is 7. The predicted octanol–water partition coefficient (Wildman–Crippen LogP) is 25.8. The van der Waals surface area contributed by atoms with E-state index in [2.05, 4.69) is 391 Å². The number of fused-ring (bicyclic) bond motifs is 4. The van der Waals surface area contributed by atoms with Crippen molar-refractivity contribution in [3.05, 3.63) is 244 Å². The van der Waals surface area contributed by atoms with Gasteiger partial charge >= 0.3 is 0 Å². The van der Waals surface area contributed by atoms with E-state index in [4.69, 9.17) is 0 Å². The standard InChI is InChI=1S/C96H113BN2/c1-88(2,3)67-39-42-81(76(56-67)65-46-71(92(13,14)15)54-72(47-65)93(16,17)18)98-83-41-38-62(60-34-30-28-31-35-60)50-79(83)97-80-58-75(61-36-32-29-33-37-61)78(96(25,26)27)59-84(80)99(86-52-64(51-85(98)87(86)97)63-44-69(90(7,8)9)53-70(45-63)91(10,11)12)82-43-40-68(89(4,5)6)57-77(82)66-48-73(94(19,20)21)55-74(49-66)95(22,23)24/h28-59H,1-27H3. The average molecular weight is 1310 g/mol. The first-order valence-corrected chi connectivity index (χ1v) is 36.7. The Labute approximate surface area is 598 Å². The second-order valence-corrected chi connectivity index (χ2v) is 38.6. The summed E-state index contributed by atoms with van der Waals surface area (Å²) in [6.07, 6.45) is 0. The van der Waals surface area contributed by atoms with E-state index >= 15 is 0 Å². The van der Waals surface area contributed by atoms with Crippen molar-refractivity contribution in [3.63, 3.8) is 0 Å². The maximum absolute atomic E-state index is 2.76. The molecule has 0 saturated heterocycles. The number of hydrogen-bond acceptors (Lipinski definition) is 2.